The summed E-state index contributed by atoms with van der Waals surface area (Å²) in [6, 6.07) is 12.3. The van der Waals surface area contributed by atoms with Crippen LogP contribution >= 0.6 is 0 Å². The Morgan fingerprint density at radius 1 is 1.14 bits per heavy atom. The van der Waals surface area contributed by atoms with Gasteiger partial charge in [0.25, 0.3) is 5.91 Å². The van der Waals surface area contributed by atoms with Crippen molar-refractivity contribution in [1.29, 1.82) is 0 Å². The van der Waals surface area contributed by atoms with Crippen molar-refractivity contribution in [3.8, 4) is 0 Å². The van der Waals surface area contributed by atoms with Crippen LogP contribution in [0.2, 0.25) is 0 Å². The number of carbonyl (C=O) groups excluding carboxylic acids is 2. The first-order valence-corrected chi connectivity index (χ1v) is 12.6. The van der Waals surface area contributed by atoms with E-state index in [1.807, 2.05) is 19.2 Å². The van der Waals surface area contributed by atoms with E-state index in [-0.39, 0.29) is 11.8 Å². The minimum absolute atomic E-state index is 0.0316. The molecule has 2 fully saturated rings. The number of fused-ring (bicyclic) bond motifs is 1. The van der Waals surface area contributed by atoms with E-state index in [9.17, 15) is 9.59 Å². The highest BCUT2D eigenvalue weighted by molar-refractivity contribution is 6.01. The van der Waals surface area contributed by atoms with Gasteiger partial charge in [-0.15, -0.1) is 0 Å². The van der Waals surface area contributed by atoms with Crippen molar-refractivity contribution in [2.45, 2.75) is 50.7 Å². The quantitative estimate of drug-likeness (QED) is 0.653. The Morgan fingerprint density at radius 3 is 2.66 bits per heavy atom. The Labute approximate surface area is 207 Å². The van der Waals surface area contributed by atoms with Crippen molar-refractivity contribution >= 4 is 23.6 Å². The summed E-state index contributed by atoms with van der Waals surface area (Å²) in [5.74, 6) is 0.343. The van der Waals surface area contributed by atoms with Gasteiger partial charge in [0.15, 0.2) is 0 Å². The predicted octanol–water partition coefficient (Wildman–Crippen LogP) is 4.50. The fourth-order valence-electron chi connectivity index (χ4n) is 5.80. The van der Waals surface area contributed by atoms with Gasteiger partial charge in [0.1, 0.15) is 6.04 Å². The first-order chi connectivity index (χ1) is 17.0. The van der Waals surface area contributed by atoms with Crippen LogP contribution < -0.4 is 10.6 Å². The Hall–Kier alpha value is -3.38. The van der Waals surface area contributed by atoms with Gasteiger partial charge in [0.05, 0.1) is 0 Å². The van der Waals surface area contributed by atoms with Crippen molar-refractivity contribution in [3.63, 3.8) is 0 Å². The number of hydrogen-bond acceptors (Lipinski definition) is 4. The smallest absolute Gasteiger partial charge is 0.255 e. The molecule has 0 saturated carbocycles. The van der Waals surface area contributed by atoms with Crippen LogP contribution in [0.3, 0.4) is 0 Å². The molecular formula is C29H34N4O2. The number of amides is 2. The van der Waals surface area contributed by atoms with E-state index in [2.05, 4.69) is 59.0 Å². The van der Waals surface area contributed by atoms with Gasteiger partial charge >= 0.3 is 0 Å². The standard InChI is InChI=1S/C29H34N4O2/c1-4-24-22(6-5-7-26(24)30-3)17-32-14-12-20(13-15-32)21-9-10-25-23(16-21)18-33(29(25)35)27-11-8-19(2)31-28(27)34/h4-7,9-10,16,20,27,30H,1-2,8,11-15,17-18H2,3H3,(H,31,34). The molecule has 2 saturated heterocycles. The van der Waals surface area contributed by atoms with Crippen LogP contribution in [-0.2, 0) is 17.9 Å². The van der Waals surface area contributed by atoms with E-state index in [1.54, 1.807) is 4.90 Å². The molecule has 0 aliphatic carbocycles. The normalized spacial score (nSPS) is 21.1. The third-order valence-corrected chi connectivity index (χ3v) is 7.78. The van der Waals surface area contributed by atoms with E-state index in [1.165, 1.54) is 16.7 Å². The first kappa shape index (κ1) is 23.4. The molecule has 3 aliphatic rings. The molecule has 6 nitrogen and oxygen atoms in total. The number of anilines is 1. The number of rotatable bonds is 6. The van der Waals surface area contributed by atoms with E-state index in [0.717, 1.165) is 55.0 Å². The zero-order valence-corrected chi connectivity index (χ0v) is 20.5. The lowest BCUT2D eigenvalue weighted by molar-refractivity contribution is -0.126. The van der Waals surface area contributed by atoms with Crippen LogP contribution in [0, 0.1) is 0 Å². The summed E-state index contributed by atoms with van der Waals surface area (Å²) in [5.41, 5.74) is 7.43. The lowest BCUT2D eigenvalue weighted by atomic mass is 9.87. The Morgan fingerprint density at radius 2 is 1.94 bits per heavy atom. The second-order valence-corrected chi connectivity index (χ2v) is 9.88. The average molecular weight is 471 g/mol. The summed E-state index contributed by atoms with van der Waals surface area (Å²) in [6.45, 7) is 11.4. The molecule has 182 valence electrons. The van der Waals surface area contributed by atoms with Crippen molar-refractivity contribution in [1.82, 2.24) is 15.1 Å². The van der Waals surface area contributed by atoms with Gasteiger partial charge in [-0.25, -0.2) is 0 Å². The Balaban J connectivity index is 1.23. The number of carbonyl (C=O) groups is 2. The minimum Gasteiger partial charge on any atom is -0.388 e. The second-order valence-electron chi connectivity index (χ2n) is 9.88. The van der Waals surface area contributed by atoms with Crippen LogP contribution in [0.1, 0.15) is 64.2 Å². The zero-order valence-electron chi connectivity index (χ0n) is 20.5. The summed E-state index contributed by atoms with van der Waals surface area (Å²) in [5, 5.41) is 6.07. The molecule has 2 amide bonds. The van der Waals surface area contributed by atoms with Gasteiger partial charge in [0, 0.05) is 42.6 Å². The molecule has 6 heteroatoms. The molecule has 1 atom stereocenters. The molecule has 0 radical (unpaired) electrons. The fourth-order valence-corrected chi connectivity index (χ4v) is 5.80. The predicted molar refractivity (Wildman–Crippen MR) is 140 cm³/mol. The zero-order chi connectivity index (χ0) is 24.5. The van der Waals surface area contributed by atoms with E-state index in [0.29, 0.717) is 25.3 Å². The molecule has 0 aromatic heterocycles. The number of allylic oxidation sites excluding steroid dienone is 1. The summed E-state index contributed by atoms with van der Waals surface area (Å²) in [6.07, 6.45) is 5.49. The number of hydrogen-bond donors (Lipinski definition) is 2. The fraction of sp³-hybridized carbons (Fsp3) is 0.379. The average Bonchev–Trinajstić information content (AvgIpc) is 3.19. The Kier molecular flexibility index (Phi) is 6.48. The molecule has 1 unspecified atom stereocenters. The molecule has 2 aromatic carbocycles. The number of piperidine rings is 2. The third kappa shape index (κ3) is 4.50. The molecule has 5 rings (SSSR count). The van der Waals surface area contributed by atoms with Crippen LogP contribution in [0.25, 0.3) is 6.08 Å². The summed E-state index contributed by atoms with van der Waals surface area (Å²) < 4.78 is 0. The maximum Gasteiger partial charge on any atom is 0.255 e. The highest BCUT2D eigenvalue weighted by Gasteiger charge is 2.38. The monoisotopic (exact) mass is 470 g/mol. The molecular weight excluding hydrogens is 436 g/mol. The minimum atomic E-state index is -0.408. The summed E-state index contributed by atoms with van der Waals surface area (Å²) in [4.78, 5) is 29.7. The molecule has 0 spiro atoms. The largest absolute Gasteiger partial charge is 0.388 e. The lowest BCUT2D eigenvalue weighted by Gasteiger charge is -2.33. The Bertz CT molecular complexity index is 1180. The van der Waals surface area contributed by atoms with Crippen molar-refractivity contribution in [2.75, 3.05) is 25.5 Å². The van der Waals surface area contributed by atoms with Crippen LogP contribution in [0.15, 0.2) is 55.3 Å². The maximum absolute atomic E-state index is 13.0. The molecule has 0 bridgehead atoms. The van der Waals surface area contributed by atoms with Gasteiger partial charge in [-0.2, -0.15) is 0 Å². The first-order valence-electron chi connectivity index (χ1n) is 12.6. The van der Waals surface area contributed by atoms with Crippen LogP contribution in [0.4, 0.5) is 5.69 Å². The van der Waals surface area contributed by atoms with Gasteiger partial charge in [-0.1, -0.05) is 43.5 Å². The van der Waals surface area contributed by atoms with Crippen molar-refractivity contribution < 1.29 is 9.59 Å². The SMILES string of the molecule is C=Cc1c(CN2CCC(c3ccc4c(c3)CN(C3CCC(=C)NC3=O)C4=O)CC2)cccc1NC. The van der Waals surface area contributed by atoms with Crippen molar-refractivity contribution in [2.24, 2.45) is 0 Å². The van der Waals surface area contributed by atoms with Crippen molar-refractivity contribution in [3.05, 3.63) is 83.1 Å². The number of nitrogens with one attached hydrogen (secondary N) is 2. The van der Waals surface area contributed by atoms with E-state index in [4.69, 9.17) is 0 Å². The van der Waals surface area contributed by atoms with Gasteiger partial charge in [0.2, 0.25) is 5.91 Å². The third-order valence-electron chi connectivity index (χ3n) is 7.78. The van der Waals surface area contributed by atoms with Crippen LogP contribution in [0.5, 0.6) is 0 Å². The maximum atomic E-state index is 13.0. The summed E-state index contributed by atoms with van der Waals surface area (Å²) >= 11 is 0. The highest BCUT2D eigenvalue weighted by atomic mass is 16.2. The topological polar surface area (TPSA) is 64.7 Å². The molecule has 35 heavy (non-hydrogen) atoms. The molecule has 3 heterocycles. The number of nitrogens with zero attached hydrogens (tertiary/aromatic N) is 2. The summed E-state index contributed by atoms with van der Waals surface area (Å²) in [7, 11) is 1.95. The molecule has 3 aliphatic heterocycles. The molecule has 2 aromatic rings. The van der Waals surface area contributed by atoms with Gasteiger partial charge in [-0.05, 0) is 73.5 Å². The lowest BCUT2D eigenvalue weighted by Crippen LogP contribution is -2.49. The van der Waals surface area contributed by atoms with Gasteiger partial charge < -0.3 is 15.5 Å². The molecule has 2 N–H and O–H groups in total. The van der Waals surface area contributed by atoms with E-state index < -0.39 is 6.04 Å². The second kappa shape index (κ2) is 9.70. The number of likely N-dealkylation sites (tertiary alicyclic amines) is 1. The van der Waals surface area contributed by atoms with Crippen LogP contribution in [-0.4, -0.2) is 47.8 Å². The van der Waals surface area contributed by atoms with E-state index >= 15 is 0 Å². The van der Waals surface area contributed by atoms with Gasteiger partial charge in [-0.3, -0.25) is 14.5 Å². The highest BCUT2D eigenvalue weighted by Crippen LogP contribution is 2.34. The number of benzene rings is 2.